The fourth-order valence-electron chi connectivity index (χ4n) is 3.88. The molecule has 1 aliphatic rings. The van der Waals surface area contributed by atoms with Gasteiger partial charge in [-0.3, -0.25) is 9.59 Å². The Morgan fingerprint density at radius 2 is 1.83 bits per heavy atom. The Balaban J connectivity index is 1.98. The number of hydrogen-bond acceptors (Lipinski definition) is 4. The summed E-state index contributed by atoms with van der Waals surface area (Å²) in [5.41, 5.74) is 0.781. The molecule has 30 heavy (non-hydrogen) atoms. The third kappa shape index (κ3) is 4.40. The van der Waals surface area contributed by atoms with Crippen LogP contribution in [0.25, 0.3) is 0 Å². The Kier molecular flexibility index (Phi) is 6.59. The molecule has 1 heterocycles. The molecular weight excluding hydrogens is 387 g/mol. The molecule has 1 aliphatic heterocycles. The van der Waals surface area contributed by atoms with Crippen LogP contribution in [0.4, 0.5) is 4.39 Å². The molecule has 0 radical (unpaired) electrons. The number of amides is 2. The zero-order valence-electron chi connectivity index (χ0n) is 17.6. The number of nitrogens with zero attached hydrogens (tertiary/aromatic N) is 1. The van der Waals surface area contributed by atoms with Crippen molar-refractivity contribution in [3.8, 4) is 11.5 Å². The maximum Gasteiger partial charge on any atom is 0.256 e. The van der Waals surface area contributed by atoms with E-state index in [0.29, 0.717) is 11.5 Å². The van der Waals surface area contributed by atoms with Crippen LogP contribution in [0.15, 0.2) is 42.5 Å². The van der Waals surface area contributed by atoms with Gasteiger partial charge in [0.1, 0.15) is 17.3 Å². The molecule has 3 rings (SSSR count). The quantitative estimate of drug-likeness (QED) is 0.788. The van der Waals surface area contributed by atoms with Crippen molar-refractivity contribution in [2.75, 3.05) is 27.3 Å². The average Bonchev–Trinajstić information content (AvgIpc) is 3.18. The van der Waals surface area contributed by atoms with E-state index in [2.05, 4.69) is 5.32 Å². The fourth-order valence-corrected chi connectivity index (χ4v) is 3.88. The van der Waals surface area contributed by atoms with Crippen LogP contribution in [0.2, 0.25) is 0 Å². The van der Waals surface area contributed by atoms with Crippen LogP contribution >= 0.6 is 0 Å². The lowest BCUT2D eigenvalue weighted by Crippen LogP contribution is -2.39. The SMILES string of the molecule is COc1ccc(OC)c([C@@H]2CN(C(=O)c3ccccc3F)C[C@@H]2C(=O)NC(C)C)c1. The van der Waals surface area contributed by atoms with E-state index in [1.54, 1.807) is 38.5 Å². The van der Waals surface area contributed by atoms with Crippen LogP contribution < -0.4 is 14.8 Å². The molecule has 0 saturated carbocycles. The molecule has 2 aromatic carbocycles. The highest BCUT2D eigenvalue weighted by Crippen LogP contribution is 2.40. The molecule has 160 valence electrons. The maximum absolute atomic E-state index is 14.2. The van der Waals surface area contributed by atoms with Gasteiger partial charge < -0.3 is 19.7 Å². The van der Waals surface area contributed by atoms with Gasteiger partial charge in [0.05, 0.1) is 25.7 Å². The van der Waals surface area contributed by atoms with Gasteiger partial charge in [0.25, 0.3) is 5.91 Å². The van der Waals surface area contributed by atoms with Crippen LogP contribution in [0, 0.1) is 11.7 Å². The van der Waals surface area contributed by atoms with Crippen molar-refractivity contribution >= 4 is 11.8 Å². The van der Waals surface area contributed by atoms with Gasteiger partial charge in [0.2, 0.25) is 5.91 Å². The van der Waals surface area contributed by atoms with Gasteiger partial charge in [0.15, 0.2) is 0 Å². The van der Waals surface area contributed by atoms with Gasteiger partial charge in [-0.1, -0.05) is 12.1 Å². The number of carbonyl (C=O) groups excluding carboxylic acids is 2. The van der Waals surface area contributed by atoms with E-state index in [1.165, 1.54) is 17.0 Å². The average molecular weight is 414 g/mol. The van der Waals surface area contributed by atoms with E-state index in [4.69, 9.17) is 9.47 Å². The number of methoxy groups -OCH3 is 2. The van der Waals surface area contributed by atoms with Crippen LogP contribution in [0.3, 0.4) is 0 Å². The molecule has 0 aliphatic carbocycles. The minimum Gasteiger partial charge on any atom is -0.497 e. The first kappa shape index (κ1) is 21.6. The Morgan fingerprint density at radius 3 is 2.47 bits per heavy atom. The lowest BCUT2D eigenvalue weighted by molar-refractivity contribution is -0.125. The zero-order valence-corrected chi connectivity index (χ0v) is 17.6. The number of likely N-dealkylation sites (tertiary alicyclic amines) is 1. The number of benzene rings is 2. The van der Waals surface area contributed by atoms with Gasteiger partial charge in [-0.25, -0.2) is 4.39 Å². The van der Waals surface area contributed by atoms with E-state index >= 15 is 0 Å². The summed E-state index contributed by atoms with van der Waals surface area (Å²) in [5, 5.41) is 2.94. The van der Waals surface area contributed by atoms with Crippen molar-refractivity contribution in [1.29, 1.82) is 0 Å². The highest BCUT2D eigenvalue weighted by atomic mass is 19.1. The van der Waals surface area contributed by atoms with Crippen molar-refractivity contribution in [2.45, 2.75) is 25.8 Å². The predicted molar refractivity (Wildman–Crippen MR) is 111 cm³/mol. The molecule has 2 aromatic rings. The minimum atomic E-state index is -0.576. The van der Waals surface area contributed by atoms with Crippen molar-refractivity contribution in [1.82, 2.24) is 10.2 Å². The standard InChI is InChI=1S/C23H27FN2O4/c1-14(2)25-22(27)19-13-26(23(28)16-7-5-6-8-20(16)24)12-18(19)17-11-15(29-3)9-10-21(17)30-4/h5-11,14,18-19H,12-13H2,1-4H3,(H,25,27)/t18-,19-/m0/s1. The largest absolute Gasteiger partial charge is 0.497 e. The van der Waals surface area contributed by atoms with Crippen LogP contribution in [0.5, 0.6) is 11.5 Å². The summed E-state index contributed by atoms with van der Waals surface area (Å²) in [6.07, 6.45) is 0. The third-order valence-electron chi connectivity index (χ3n) is 5.32. The lowest BCUT2D eigenvalue weighted by atomic mass is 9.87. The zero-order chi connectivity index (χ0) is 21.8. The molecule has 6 nitrogen and oxygen atoms in total. The van der Waals surface area contributed by atoms with Crippen molar-refractivity contribution in [3.63, 3.8) is 0 Å². The molecule has 1 N–H and O–H groups in total. The summed E-state index contributed by atoms with van der Waals surface area (Å²) >= 11 is 0. The number of ether oxygens (including phenoxy) is 2. The maximum atomic E-state index is 14.2. The van der Waals surface area contributed by atoms with Crippen LogP contribution in [-0.2, 0) is 4.79 Å². The Hall–Kier alpha value is -3.09. The lowest BCUT2D eigenvalue weighted by Gasteiger charge is -2.22. The first-order valence-corrected chi connectivity index (χ1v) is 9.91. The summed E-state index contributed by atoms with van der Waals surface area (Å²) in [6.45, 7) is 4.23. The van der Waals surface area contributed by atoms with Crippen LogP contribution in [-0.4, -0.2) is 50.1 Å². The van der Waals surface area contributed by atoms with E-state index in [-0.39, 0.29) is 36.5 Å². The predicted octanol–water partition coefficient (Wildman–Crippen LogP) is 3.22. The normalized spacial score (nSPS) is 18.4. The topological polar surface area (TPSA) is 67.9 Å². The number of carbonyl (C=O) groups is 2. The van der Waals surface area contributed by atoms with Crippen molar-refractivity contribution in [3.05, 3.63) is 59.4 Å². The molecule has 0 aromatic heterocycles. The van der Waals surface area contributed by atoms with E-state index in [0.717, 1.165) is 5.56 Å². The van der Waals surface area contributed by atoms with Gasteiger partial charge in [-0.05, 0) is 44.2 Å². The number of rotatable bonds is 6. The molecule has 2 atom stereocenters. The summed E-state index contributed by atoms with van der Waals surface area (Å²) in [7, 11) is 3.13. The monoisotopic (exact) mass is 414 g/mol. The second-order valence-corrected chi connectivity index (χ2v) is 7.67. The summed E-state index contributed by atoms with van der Waals surface area (Å²) in [5.74, 6) is -0.721. The summed E-state index contributed by atoms with van der Waals surface area (Å²) in [6, 6.07) is 11.2. The highest BCUT2D eigenvalue weighted by molar-refractivity contribution is 5.95. The van der Waals surface area contributed by atoms with Gasteiger partial charge in [-0.15, -0.1) is 0 Å². The van der Waals surface area contributed by atoms with Gasteiger partial charge >= 0.3 is 0 Å². The molecule has 0 bridgehead atoms. The number of halogens is 1. The first-order chi connectivity index (χ1) is 14.3. The molecule has 0 spiro atoms. The summed E-state index contributed by atoms with van der Waals surface area (Å²) in [4.78, 5) is 27.5. The molecule has 1 fully saturated rings. The Bertz CT molecular complexity index is 931. The minimum absolute atomic E-state index is 0.00113. The molecule has 0 unspecified atom stereocenters. The second kappa shape index (κ2) is 9.15. The van der Waals surface area contributed by atoms with Crippen LogP contribution in [0.1, 0.15) is 35.7 Å². The molecule has 1 saturated heterocycles. The number of hydrogen-bond donors (Lipinski definition) is 1. The molecular formula is C23H27FN2O4. The van der Waals surface area contributed by atoms with Crippen molar-refractivity contribution in [2.24, 2.45) is 5.92 Å². The fraction of sp³-hybridized carbons (Fsp3) is 0.391. The smallest absolute Gasteiger partial charge is 0.256 e. The summed E-state index contributed by atoms with van der Waals surface area (Å²) < 4.78 is 25.1. The van der Waals surface area contributed by atoms with E-state index in [9.17, 15) is 14.0 Å². The molecule has 7 heteroatoms. The van der Waals surface area contributed by atoms with Gasteiger partial charge in [-0.2, -0.15) is 0 Å². The van der Waals surface area contributed by atoms with E-state index < -0.39 is 17.6 Å². The third-order valence-corrected chi connectivity index (χ3v) is 5.32. The second-order valence-electron chi connectivity index (χ2n) is 7.67. The van der Waals surface area contributed by atoms with Gasteiger partial charge in [0, 0.05) is 30.6 Å². The Morgan fingerprint density at radius 1 is 1.10 bits per heavy atom. The number of nitrogens with one attached hydrogen (secondary N) is 1. The van der Waals surface area contributed by atoms with E-state index in [1.807, 2.05) is 19.9 Å². The Labute approximate surface area is 176 Å². The molecule has 2 amide bonds. The van der Waals surface area contributed by atoms with Crippen molar-refractivity contribution < 1.29 is 23.5 Å². The first-order valence-electron chi connectivity index (χ1n) is 9.91. The highest BCUT2D eigenvalue weighted by Gasteiger charge is 2.42.